The molecule has 0 bridgehead atoms. The molecule has 0 amide bonds. The molecule has 0 saturated carbocycles. The summed E-state index contributed by atoms with van der Waals surface area (Å²) < 4.78 is 24.2. The molecule has 0 unspecified atom stereocenters. The number of rotatable bonds is 6. The molecule has 0 aromatic heterocycles. The molecule has 1 aliphatic heterocycles. The van der Waals surface area contributed by atoms with E-state index in [0.29, 0.717) is 0 Å². The van der Waals surface area contributed by atoms with Crippen LogP contribution in [0.15, 0.2) is 34.3 Å². The highest BCUT2D eigenvalue weighted by Crippen LogP contribution is 2.10. The largest absolute Gasteiger partial charge is 0.303 e. The van der Waals surface area contributed by atoms with Crippen molar-refractivity contribution < 1.29 is 8.42 Å². The van der Waals surface area contributed by atoms with E-state index in [1.165, 1.54) is 12.8 Å². The molecule has 1 aromatic rings. The van der Waals surface area contributed by atoms with E-state index in [4.69, 9.17) is 0 Å². The van der Waals surface area contributed by atoms with Gasteiger partial charge in [0.05, 0.1) is 4.90 Å². The Bertz CT molecular complexity index is 588. The van der Waals surface area contributed by atoms with E-state index in [9.17, 15) is 8.42 Å². The molecule has 1 fully saturated rings. The highest BCUT2D eigenvalue weighted by atomic mass is 32.2. The number of sulfonamides is 1. The molecule has 0 spiro atoms. The summed E-state index contributed by atoms with van der Waals surface area (Å²) in [6, 6.07) is 6.73. The maximum Gasteiger partial charge on any atom is 0.276 e. The van der Waals surface area contributed by atoms with Crippen molar-refractivity contribution in [1.29, 1.82) is 0 Å². The van der Waals surface area contributed by atoms with Gasteiger partial charge < -0.3 is 4.90 Å². The van der Waals surface area contributed by atoms with Crippen molar-refractivity contribution in [3.8, 4) is 0 Å². The van der Waals surface area contributed by atoms with Crippen LogP contribution in [0.5, 0.6) is 0 Å². The highest BCUT2D eigenvalue weighted by molar-refractivity contribution is 7.89. The van der Waals surface area contributed by atoms with Gasteiger partial charge in [-0.05, 0) is 58.3 Å². The number of hydrogen-bond acceptors (Lipinski definition) is 4. The smallest absolute Gasteiger partial charge is 0.276 e. The molecule has 5 nitrogen and oxygen atoms in total. The number of benzene rings is 1. The normalized spacial score (nSPS) is 17.1. The summed E-state index contributed by atoms with van der Waals surface area (Å²) in [5.74, 6) is 0. The zero-order valence-corrected chi connectivity index (χ0v) is 13.5. The average Bonchev–Trinajstić information content (AvgIpc) is 2.97. The van der Waals surface area contributed by atoms with E-state index in [1.807, 2.05) is 13.8 Å². The number of aryl methyl sites for hydroxylation is 1. The molecular weight excluding hydrogens is 286 g/mol. The van der Waals surface area contributed by atoms with Crippen LogP contribution in [-0.2, 0) is 10.0 Å². The first-order chi connectivity index (χ1) is 9.97. The van der Waals surface area contributed by atoms with Gasteiger partial charge in [0.1, 0.15) is 0 Å². The summed E-state index contributed by atoms with van der Waals surface area (Å²) in [6.07, 6.45) is 3.31. The van der Waals surface area contributed by atoms with Crippen LogP contribution in [0.2, 0.25) is 0 Å². The van der Waals surface area contributed by atoms with Gasteiger partial charge in [-0.1, -0.05) is 17.7 Å². The minimum Gasteiger partial charge on any atom is -0.303 e. The number of hydrogen-bond donors (Lipinski definition) is 1. The third-order valence-corrected chi connectivity index (χ3v) is 4.90. The van der Waals surface area contributed by atoms with Crippen molar-refractivity contribution >= 4 is 15.7 Å². The molecule has 1 saturated heterocycles. The van der Waals surface area contributed by atoms with Crippen LogP contribution in [-0.4, -0.2) is 38.7 Å². The molecule has 0 aliphatic carbocycles. The summed E-state index contributed by atoms with van der Waals surface area (Å²) in [7, 11) is -3.56. The van der Waals surface area contributed by atoms with E-state index < -0.39 is 10.0 Å². The molecule has 1 N–H and O–H groups in total. The first kappa shape index (κ1) is 16.0. The molecule has 1 aromatic carbocycles. The van der Waals surface area contributed by atoms with E-state index in [0.717, 1.165) is 37.3 Å². The SMILES string of the molecule is C/C(CCN1CCCC1)=N\NS(=O)(=O)c1ccc(C)cc1. The Kier molecular flexibility index (Phi) is 5.36. The van der Waals surface area contributed by atoms with Crippen LogP contribution in [0.3, 0.4) is 0 Å². The Balaban J connectivity index is 1.90. The molecule has 21 heavy (non-hydrogen) atoms. The van der Waals surface area contributed by atoms with Gasteiger partial charge in [0, 0.05) is 12.3 Å². The monoisotopic (exact) mass is 309 g/mol. The lowest BCUT2D eigenvalue weighted by atomic mass is 10.2. The Morgan fingerprint density at radius 3 is 2.48 bits per heavy atom. The minimum atomic E-state index is -3.56. The number of likely N-dealkylation sites (tertiary alicyclic amines) is 1. The Labute approximate surface area is 127 Å². The molecule has 1 heterocycles. The zero-order valence-electron chi connectivity index (χ0n) is 12.7. The van der Waals surface area contributed by atoms with Gasteiger partial charge in [0.15, 0.2) is 0 Å². The lowest BCUT2D eigenvalue weighted by Crippen LogP contribution is -2.24. The van der Waals surface area contributed by atoms with Gasteiger partial charge >= 0.3 is 0 Å². The molecular formula is C15H23N3O2S. The Morgan fingerprint density at radius 1 is 1.24 bits per heavy atom. The van der Waals surface area contributed by atoms with Crippen LogP contribution < -0.4 is 4.83 Å². The summed E-state index contributed by atoms with van der Waals surface area (Å²) in [5, 5.41) is 4.01. The second kappa shape index (κ2) is 7.04. The molecule has 116 valence electrons. The van der Waals surface area contributed by atoms with Gasteiger partial charge in [-0.3, -0.25) is 0 Å². The Morgan fingerprint density at radius 2 is 1.86 bits per heavy atom. The van der Waals surface area contributed by atoms with E-state index in [-0.39, 0.29) is 4.90 Å². The fraction of sp³-hybridized carbons (Fsp3) is 0.533. The predicted octanol–water partition coefficient (Wildman–Crippen LogP) is 2.14. The van der Waals surface area contributed by atoms with E-state index in [1.54, 1.807) is 24.3 Å². The van der Waals surface area contributed by atoms with Gasteiger partial charge in [0.2, 0.25) is 0 Å². The zero-order chi connectivity index (χ0) is 15.3. The predicted molar refractivity (Wildman–Crippen MR) is 84.9 cm³/mol. The van der Waals surface area contributed by atoms with Gasteiger partial charge in [-0.2, -0.15) is 13.5 Å². The summed E-state index contributed by atoms with van der Waals surface area (Å²) in [6.45, 7) is 7.00. The topological polar surface area (TPSA) is 61.8 Å². The number of nitrogens with zero attached hydrogens (tertiary/aromatic N) is 2. The summed E-state index contributed by atoms with van der Waals surface area (Å²) >= 11 is 0. The van der Waals surface area contributed by atoms with Crippen LogP contribution in [0.4, 0.5) is 0 Å². The van der Waals surface area contributed by atoms with Crippen molar-refractivity contribution in [2.75, 3.05) is 19.6 Å². The van der Waals surface area contributed by atoms with Crippen LogP contribution in [0.1, 0.15) is 31.7 Å². The maximum absolute atomic E-state index is 12.1. The van der Waals surface area contributed by atoms with E-state index in [2.05, 4.69) is 14.8 Å². The maximum atomic E-state index is 12.1. The summed E-state index contributed by atoms with van der Waals surface area (Å²) in [4.78, 5) is 4.93. The van der Waals surface area contributed by atoms with Gasteiger partial charge in [-0.25, -0.2) is 4.83 Å². The standard InChI is InChI=1S/C15H23N3O2S/c1-13-5-7-15(8-6-13)21(19,20)17-16-14(2)9-12-18-10-3-4-11-18/h5-8,17H,3-4,9-12H2,1-2H3/b16-14+. The third-order valence-electron chi connectivity index (χ3n) is 3.68. The third kappa shape index (κ3) is 4.82. The van der Waals surface area contributed by atoms with Crippen molar-refractivity contribution in [3.05, 3.63) is 29.8 Å². The molecule has 6 heteroatoms. The highest BCUT2D eigenvalue weighted by Gasteiger charge is 2.13. The molecule has 2 rings (SSSR count). The van der Waals surface area contributed by atoms with Crippen molar-refractivity contribution in [1.82, 2.24) is 9.73 Å². The lowest BCUT2D eigenvalue weighted by molar-refractivity contribution is 0.349. The summed E-state index contributed by atoms with van der Waals surface area (Å²) in [5.41, 5.74) is 1.83. The quantitative estimate of drug-likeness (QED) is 0.647. The van der Waals surface area contributed by atoms with Gasteiger partial charge in [0.25, 0.3) is 10.0 Å². The second-order valence-corrected chi connectivity index (χ2v) is 7.21. The second-order valence-electron chi connectivity index (χ2n) is 5.55. The van der Waals surface area contributed by atoms with Crippen LogP contribution >= 0.6 is 0 Å². The van der Waals surface area contributed by atoms with Crippen LogP contribution in [0.25, 0.3) is 0 Å². The molecule has 0 atom stereocenters. The lowest BCUT2D eigenvalue weighted by Gasteiger charge is -2.13. The fourth-order valence-electron chi connectivity index (χ4n) is 2.29. The molecule has 0 radical (unpaired) electrons. The fourth-order valence-corrected chi connectivity index (χ4v) is 3.17. The minimum absolute atomic E-state index is 0.240. The van der Waals surface area contributed by atoms with E-state index >= 15 is 0 Å². The molecule has 1 aliphatic rings. The van der Waals surface area contributed by atoms with Crippen molar-refractivity contribution in [2.24, 2.45) is 5.10 Å². The number of nitrogens with one attached hydrogen (secondary N) is 1. The van der Waals surface area contributed by atoms with Crippen LogP contribution in [0, 0.1) is 6.92 Å². The first-order valence-electron chi connectivity index (χ1n) is 7.31. The first-order valence-corrected chi connectivity index (χ1v) is 8.80. The average molecular weight is 309 g/mol. The van der Waals surface area contributed by atoms with Crippen molar-refractivity contribution in [3.63, 3.8) is 0 Å². The Hall–Kier alpha value is -1.40. The number of hydrazone groups is 1. The van der Waals surface area contributed by atoms with Gasteiger partial charge in [-0.15, -0.1) is 0 Å². The van der Waals surface area contributed by atoms with Crippen molar-refractivity contribution in [2.45, 2.75) is 38.0 Å².